The van der Waals surface area contributed by atoms with E-state index in [1.165, 1.54) is 6.07 Å². The highest BCUT2D eigenvalue weighted by Crippen LogP contribution is 2.51. The summed E-state index contributed by atoms with van der Waals surface area (Å²) in [6, 6.07) is 8.96. The first-order chi connectivity index (χ1) is 18.4. The predicted octanol–water partition coefficient (Wildman–Crippen LogP) is 4.72. The molecule has 200 valence electrons. The van der Waals surface area contributed by atoms with Gasteiger partial charge in [-0.05, 0) is 51.0 Å². The second-order valence-corrected chi connectivity index (χ2v) is 10.5. The lowest BCUT2D eigenvalue weighted by atomic mass is 10.0. The SMILES string of the molecule is COc1cc(Nc2ncc(F)c(-c3cc(F)c4c(c3)N(C(C)C)CC3(CC3)O4)n2)ccc1N1CCNCC1. The first-order valence-corrected chi connectivity index (χ1v) is 13.1. The molecule has 6 rings (SSSR count). The smallest absolute Gasteiger partial charge is 0.227 e. The Hall–Kier alpha value is -3.66. The molecule has 1 aliphatic carbocycles. The van der Waals surface area contributed by atoms with Crippen LogP contribution in [0.1, 0.15) is 26.7 Å². The molecular weight excluding hydrogens is 490 g/mol. The number of aromatic nitrogens is 2. The second-order valence-electron chi connectivity index (χ2n) is 10.5. The van der Waals surface area contributed by atoms with Crippen LogP contribution in [0.4, 0.5) is 31.8 Å². The average molecular weight is 523 g/mol. The van der Waals surface area contributed by atoms with Crippen LogP contribution in [0, 0.1) is 11.6 Å². The summed E-state index contributed by atoms with van der Waals surface area (Å²) in [4.78, 5) is 12.9. The molecule has 2 aromatic carbocycles. The molecule has 1 aromatic heterocycles. The Morgan fingerprint density at radius 1 is 1.08 bits per heavy atom. The number of rotatable bonds is 6. The molecule has 2 aliphatic heterocycles. The van der Waals surface area contributed by atoms with E-state index in [1.54, 1.807) is 13.2 Å². The Labute approximate surface area is 221 Å². The normalized spacial score (nSPS) is 17.8. The minimum absolute atomic E-state index is 0.0176. The van der Waals surface area contributed by atoms with Crippen molar-refractivity contribution in [1.82, 2.24) is 15.3 Å². The highest BCUT2D eigenvalue weighted by atomic mass is 19.1. The van der Waals surface area contributed by atoms with Gasteiger partial charge in [-0.2, -0.15) is 0 Å². The van der Waals surface area contributed by atoms with E-state index in [4.69, 9.17) is 9.47 Å². The summed E-state index contributed by atoms with van der Waals surface area (Å²) in [5, 5.41) is 6.49. The van der Waals surface area contributed by atoms with Gasteiger partial charge in [0.1, 0.15) is 17.0 Å². The van der Waals surface area contributed by atoms with E-state index in [9.17, 15) is 4.39 Å². The molecule has 1 spiro atoms. The van der Waals surface area contributed by atoms with Gasteiger partial charge in [0.25, 0.3) is 0 Å². The molecule has 0 radical (unpaired) electrons. The van der Waals surface area contributed by atoms with Crippen molar-refractivity contribution in [2.45, 2.75) is 38.3 Å². The van der Waals surface area contributed by atoms with Crippen LogP contribution in [0.25, 0.3) is 11.3 Å². The lowest BCUT2D eigenvalue weighted by Gasteiger charge is -2.39. The van der Waals surface area contributed by atoms with Crippen LogP contribution in [0.2, 0.25) is 0 Å². The number of hydrogen-bond donors (Lipinski definition) is 2. The van der Waals surface area contributed by atoms with Crippen LogP contribution >= 0.6 is 0 Å². The van der Waals surface area contributed by atoms with Gasteiger partial charge in [0.05, 0.1) is 31.2 Å². The summed E-state index contributed by atoms with van der Waals surface area (Å²) in [7, 11) is 1.64. The van der Waals surface area contributed by atoms with Gasteiger partial charge in [-0.15, -0.1) is 0 Å². The molecule has 1 saturated carbocycles. The summed E-state index contributed by atoms with van der Waals surface area (Å²) >= 11 is 0. The molecule has 1 saturated heterocycles. The third-order valence-electron chi connectivity index (χ3n) is 7.45. The zero-order valence-corrected chi connectivity index (χ0v) is 21.9. The van der Waals surface area contributed by atoms with Crippen molar-refractivity contribution in [3.63, 3.8) is 0 Å². The van der Waals surface area contributed by atoms with Crippen molar-refractivity contribution >= 4 is 23.0 Å². The van der Waals surface area contributed by atoms with E-state index in [0.29, 0.717) is 23.5 Å². The zero-order chi connectivity index (χ0) is 26.4. The van der Waals surface area contributed by atoms with Gasteiger partial charge in [0.2, 0.25) is 5.95 Å². The van der Waals surface area contributed by atoms with Crippen LogP contribution in [0.3, 0.4) is 0 Å². The van der Waals surface area contributed by atoms with Crippen LogP contribution < -0.4 is 29.9 Å². The Morgan fingerprint density at radius 3 is 2.58 bits per heavy atom. The fourth-order valence-corrected chi connectivity index (χ4v) is 5.22. The Balaban J connectivity index is 1.30. The molecular formula is C28H32F2N6O2. The predicted molar refractivity (Wildman–Crippen MR) is 144 cm³/mol. The van der Waals surface area contributed by atoms with Gasteiger partial charge in [0, 0.05) is 49.5 Å². The van der Waals surface area contributed by atoms with E-state index in [0.717, 1.165) is 56.7 Å². The molecule has 0 amide bonds. The monoisotopic (exact) mass is 522 g/mol. The van der Waals surface area contributed by atoms with Crippen LogP contribution in [0.5, 0.6) is 11.5 Å². The highest BCUT2D eigenvalue weighted by molar-refractivity contribution is 5.74. The van der Waals surface area contributed by atoms with Gasteiger partial charge in [-0.1, -0.05) is 0 Å². The van der Waals surface area contributed by atoms with Crippen molar-refractivity contribution in [3.05, 3.63) is 48.2 Å². The van der Waals surface area contributed by atoms with Crippen molar-refractivity contribution in [2.24, 2.45) is 0 Å². The topological polar surface area (TPSA) is 74.8 Å². The van der Waals surface area contributed by atoms with Crippen molar-refractivity contribution in [1.29, 1.82) is 0 Å². The number of anilines is 4. The van der Waals surface area contributed by atoms with Crippen LogP contribution in [-0.4, -0.2) is 61.4 Å². The molecule has 3 aliphatic rings. The summed E-state index contributed by atoms with van der Waals surface area (Å²) < 4.78 is 42.0. The van der Waals surface area contributed by atoms with Gasteiger partial charge < -0.3 is 29.9 Å². The van der Waals surface area contributed by atoms with E-state index in [2.05, 4.69) is 44.2 Å². The first kappa shape index (κ1) is 24.7. The van der Waals surface area contributed by atoms with Gasteiger partial charge in [-0.3, -0.25) is 0 Å². The number of benzene rings is 2. The third-order valence-corrected chi connectivity index (χ3v) is 7.45. The Morgan fingerprint density at radius 2 is 1.87 bits per heavy atom. The number of ether oxygens (including phenoxy) is 2. The quantitative estimate of drug-likeness (QED) is 0.482. The standard InChI is InChI=1S/C28H32F2N6O2/c1-17(2)36-16-28(6-7-28)38-26-20(29)12-18(13-23(26)36)25-21(30)15-32-27(34-25)33-19-4-5-22(24(14-19)37-3)35-10-8-31-9-11-35/h4-5,12-15,17,31H,6-11,16H2,1-3H3,(H,32,33,34). The number of halogens is 2. The molecule has 0 atom stereocenters. The third kappa shape index (κ3) is 4.57. The van der Waals surface area contributed by atoms with Crippen molar-refractivity contribution in [3.8, 4) is 22.8 Å². The van der Waals surface area contributed by atoms with E-state index in [-0.39, 0.29) is 29.0 Å². The Bertz CT molecular complexity index is 1360. The van der Waals surface area contributed by atoms with Crippen molar-refractivity contribution in [2.75, 3.05) is 55.0 Å². The van der Waals surface area contributed by atoms with Crippen molar-refractivity contribution < 1.29 is 18.3 Å². The molecule has 2 N–H and O–H groups in total. The fourth-order valence-electron chi connectivity index (χ4n) is 5.22. The molecule has 0 unspecified atom stereocenters. The summed E-state index contributed by atoms with van der Waals surface area (Å²) in [5.74, 6) is 0.00204. The highest BCUT2D eigenvalue weighted by Gasteiger charge is 2.51. The zero-order valence-electron chi connectivity index (χ0n) is 21.9. The number of piperazine rings is 1. The molecule has 38 heavy (non-hydrogen) atoms. The maximum Gasteiger partial charge on any atom is 0.227 e. The summed E-state index contributed by atoms with van der Waals surface area (Å²) in [6.07, 6.45) is 2.92. The molecule has 8 nitrogen and oxygen atoms in total. The largest absolute Gasteiger partial charge is 0.495 e. The number of hydrogen-bond acceptors (Lipinski definition) is 8. The van der Waals surface area contributed by atoms with Gasteiger partial charge in [-0.25, -0.2) is 18.7 Å². The van der Waals surface area contributed by atoms with E-state index < -0.39 is 11.6 Å². The van der Waals surface area contributed by atoms with Crippen LogP contribution in [0.15, 0.2) is 36.5 Å². The molecule has 0 bridgehead atoms. The van der Waals surface area contributed by atoms with Crippen LogP contribution in [-0.2, 0) is 0 Å². The maximum atomic E-state index is 15.3. The fraction of sp³-hybridized carbons (Fsp3) is 0.429. The first-order valence-electron chi connectivity index (χ1n) is 13.1. The summed E-state index contributed by atoms with van der Waals surface area (Å²) in [6.45, 7) is 8.43. The summed E-state index contributed by atoms with van der Waals surface area (Å²) in [5.41, 5.74) is 2.37. The minimum Gasteiger partial charge on any atom is -0.495 e. The molecule has 3 aromatic rings. The minimum atomic E-state index is -0.631. The Kier molecular flexibility index (Phi) is 6.22. The number of nitrogens with zero attached hydrogens (tertiary/aromatic N) is 4. The van der Waals surface area contributed by atoms with E-state index >= 15 is 4.39 Å². The lowest BCUT2D eigenvalue weighted by molar-refractivity contribution is 0.160. The number of methoxy groups -OCH3 is 1. The molecule has 10 heteroatoms. The van der Waals surface area contributed by atoms with E-state index in [1.807, 2.05) is 18.2 Å². The second kappa shape index (κ2) is 9.58. The maximum absolute atomic E-state index is 15.3. The average Bonchev–Trinajstić information content (AvgIpc) is 3.68. The van der Waals surface area contributed by atoms with Gasteiger partial charge >= 0.3 is 0 Å². The lowest BCUT2D eigenvalue weighted by Crippen LogP contribution is -2.45. The molecule has 3 heterocycles. The number of fused-ring (bicyclic) bond motifs is 1. The molecule has 2 fully saturated rings. The van der Waals surface area contributed by atoms with Gasteiger partial charge in [0.15, 0.2) is 17.4 Å². The number of nitrogens with one attached hydrogen (secondary N) is 2.